The van der Waals surface area contributed by atoms with Gasteiger partial charge in [-0.15, -0.1) is 0 Å². The molecule has 0 aliphatic carbocycles. The molecule has 0 unspecified atom stereocenters. The fourth-order valence-corrected chi connectivity index (χ4v) is 2.01. The number of aromatic carboxylic acids is 1. The van der Waals surface area contributed by atoms with E-state index in [1.165, 1.54) is 12.1 Å². The molecule has 1 aromatic rings. The SMILES string of the molecule is CCC(CC)C(=O)Nc1cc(C(=O)O)ccc1OC(C)C. The van der Waals surface area contributed by atoms with Crippen molar-refractivity contribution in [2.24, 2.45) is 5.92 Å². The van der Waals surface area contributed by atoms with Crippen molar-refractivity contribution in [1.82, 2.24) is 0 Å². The van der Waals surface area contributed by atoms with Crippen LogP contribution in [0.25, 0.3) is 0 Å². The Kier molecular flexibility index (Phi) is 6.21. The van der Waals surface area contributed by atoms with Crippen LogP contribution in [-0.2, 0) is 4.79 Å². The van der Waals surface area contributed by atoms with E-state index in [1.54, 1.807) is 6.07 Å². The van der Waals surface area contributed by atoms with Gasteiger partial charge < -0.3 is 15.2 Å². The van der Waals surface area contributed by atoms with Gasteiger partial charge in [-0.25, -0.2) is 4.79 Å². The predicted octanol–water partition coefficient (Wildman–Crippen LogP) is 3.55. The standard InChI is InChI=1S/C16H23NO4/c1-5-11(6-2)15(18)17-13-9-12(16(19)20)7-8-14(13)21-10(3)4/h7-11H,5-6H2,1-4H3,(H,17,18)(H,19,20). The fourth-order valence-electron chi connectivity index (χ4n) is 2.01. The Morgan fingerprint density at radius 1 is 1.24 bits per heavy atom. The number of carbonyl (C=O) groups excluding carboxylic acids is 1. The van der Waals surface area contributed by atoms with Crippen LogP contribution in [0.15, 0.2) is 18.2 Å². The van der Waals surface area contributed by atoms with E-state index in [-0.39, 0.29) is 23.5 Å². The number of carboxylic acid groups (broad SMARTS) is 1. The van der Waals surface area contributed by atoms with Crippen LogP contribution < -0.4 is 10.1 Å². The smallest absolute Gasteiger partial charge is 0.335 e. The molecule has 5 nitrogen and oxygen atoms in total. The average molecular weight is 293 g/mol. The number of hydrogen-bond donors (Lipinski definition) is 2. The third kappa shape index (κ3) is 4.77. The molecule has 1 aromatic carbocycles. The summed E-state index contributed by atoms with van der Waals surface area (Å²) in [5.74, 6) is -0.764. The highest BCUT2D eigenvalue weighted by Crippen LogP contribution is 2.28. The van der Waals surface area contributed by atoms with E-state index in [1.807, 2.05) is 27.7 Å². The van der Waals surface area contributed by atoms with Crippen molar-refractivity contribution in [2.75, 3.05) is 5.32 Å². The Hall–Kier alpha value is -2.04. The largest absolute Gasteiger partial charge is 0.489 e. The van der Waals surface area contributed by atoms with Crippen LogP contribution in [0.2, 0.25) is 0 Å². The van der Waals surface area contributed by atoms with Gasteiger partial charge in [0.15, 0.2) is 0 Å². The summed E-state index contributed by atoms with van der Waals surface area (Å²) in [6.07, 6.45) is 1.41. The van der Waals surface area contributed by atoms with Gasteiger partial charge >= 0.3 is 5.97 Å². The highest BCUT2D eigenvalue weighted by Gasteiger charge is 2.18. The van der Waals surface area contributed by atoms with Gasteiger partial charge in [0, 0.05) is 5.92 Å². The molecule has 0 aliphatic rings. The molecule has 1 amide bonds. The molecular formula is C16H23NO4. The molecule has 21 heavy (non-hydrogen) atoms. The van der Waals surface area contributed by atoms with E-state index in [2.05, 4.69) is 5.32 Å². The van der Waals surface area contributed by atoms with Crippen LogP contribution in [0.1, 0.15) is 50.9 Å². The van der Waals surface area contributed by atoms with Gasteiger partial charge in [0.05, 0.1) is 17.4 Å². The van der Waals surface area contributed by atoms with Gasteiger partial charge in [-0.05, 0) is 44.9 Å². The second kappa shape index (κ2) is 7.67. The minimum atomic E-state index is -1.04. The minimum absolute atomic E-state index is 0.0653. The lowest BCUT2D eigenvalue weighted by molar-refractivity contribution is -0.120. The summed E-state index contributed by atoms with van der Waals surface area (Å²) in [7, 11) is 0. The lowest BCUT2D eigenvalue weighted by Gasteiger charge is -2.18. The molecule has 0 bridgehead atoms. The maximum absolute atomic E-state index is 12.2. The summed E-state index contributed by atoms with van der Waals surface area (Å²) < 4.78 is 5.62. The Morgan fingerprint density at radius 2 is 1.86 bits per heavy atom. The fraction of sp³-hybridized carbons (Fsp3) is 0.500. The summed E-state index contributed by atoms with van der Waals surface area (Å²) in [6.45, 7) is 7.65. The summed E-state index contributed by atoms with van der Waals surface area (Å²) in [6, 6.07) is 4.47. The first-order valence-corrected chi connectivity index (χ1v) is 7.23. The Morgan fingerprint density at radius 3 is 2.33 bits per heavy atom. The Bertz CT molecular complexity index is 507. The molecule has 0 saturated heterocycles. The number of ether oxygens (including phenoxy) is 1. The summed E-state index contributed by atoms with van der Waals surface area (Å²) in [4.78, 5) is 23.2. The zero-order valence-electron chi connectivity index (χ0n) is 13.0. The van der Waals surface area contributed by atoms with E-state index in [9.17, 15) is 9.59 Å². The van der Waals surface area contributed by atoms with Gasteiger partial charge in [0.1, 0.15) is 5.75 Å². The monoisotopic (exact) mass is 293 g/mol. The molecule has 0 radical (unpaired) electrons. The van der Waals surface area contributed by atoms with Crippen LogP contribution in [-0.4, -0.2) is 23.1 Å². The van der Waals surface area contributed by atoms with E-state index >= 15 is 0 Å². The number of hydrogen-bond acceptors (Lipinski definition) is 3. The van der Waals surface area contributed by atoms with Gasteiger partial charge in [-0.1, -0.05) is 13.8 Å². The maximum Gasteiger partial charge on any atom is 0.335 e. The molecule has 2 N–H and O–H groups in total. The van der Waals surface area contributed by atoms with Crippen LogP contribution in [0.4, 0.5) is 5.69 Å². The van der Waals surface area contributed by atoms with Gasteiger partial charge in [0.25, 0.3) is 0 Å². The molecule has 0 aliphatic heterocycles. The molecule has 0 heterocycles. The lowest BCUT2D eigenvalue weighted by Crippen LogP contribution is -2.22. The number of nitrogens with one attached hydrogen (secondary N) is 1. The number of benzene rings is 1. The molecule has 0 atom stereocenters. The van der Waals surface area contributed by atoms with Crippen molar-refractivity contribution in [2.45, 2.75) is 46.6 Å². The second-order valence-electron chi connectivity index (χ2n) is 5.19. The topological polar surface area (TPSA) is 75.6 Å². The van der Waals surface area contributed by atoms with Gasteiger partial charge in [0.2, 0.25) is 5.91 Å². The quantitative estimate of drug-likeness (QED) is 0.806. The van der Waals surface area contributed by atoms with Crippen molar-refractivity contribution in [3.05, 3.63) is 23.8 Å². The van der Waals surface area contributed by atoms with Gasteiger partial charge in [-0.3, -0.25) is 4.79 Å². The number of carbonyl (C=O) groups is 2. The maximum atomic E-state index is 12.2. The average Bonchev–Trinajstić information content (AvgIpc) is 2.41. The normalized spacial score (nSPS) is 10.8. The van der Waals surface area contributed by atoms with Crippen molar-refractivity contribution >= 4 is 17.6 Å². The van der Waals surface area contributed by atoms with E-state index < -0.39 is 5.97 Å². The van der Waals surface area contributed by atoms with Crippen LogP contribution >= 0.6 is 0 Å². The first-order valence-electron chi connectivity index (χ1n) is 7.23. The van der Waals surface area contributed by atoms with Gasteiger partial charge in [-0.2, -0.15) is 0 Å². The van der Waals surface area contributed by atoms with Crippen LogP contribution in [0, 0.1) is 5.92 Å². The molecule has 116 valence electrons. The highest BCUT2D eigenvalue weighted by molar-refractivity contribution is 5.96. The summed E-state index contributed by atoms with van der Waals surface area (Å²) in [5.41, 5.74) is 0.520. The second-order valence-corrected chi connectivity index (χ2v) is 5.19. The third-order valence-corrected chi connectivity index (χ3v) is 3.20. The van der Waals surface area contributed by atoms with Crippen LogP contribution in [0.3, 0.4) is 0 Å². The zero-order valence-corrected chi connectivity index (χ0v) is 13.0. The molecule has 0 saturated carbocycles. The number of anilines is 1. The zero-order chi connectivity index (χ0) is 16.0. The van der Waals surface area contributed by atoms with Crippen molar-refractivity contribution < 1.29 is 19.4 Å². The third-order valence-electron chi connectivity index (χ3n) is 3.20. The number of amides is 1. The minimum Gasteiger partial charge on any atom is -0.489 e. The lowest BCUT2D eigenvalue weighted by atomic mass is 10.0. The first kappa shape index (κ1) is 17.0. The predicted molar refractivity (Wildman–Crippen MR) is 81.9 cm³/mol. The molecule has 5 heteroatoms. The number of rotatable bonds is 7. The highest BCUT2D eigenvalue weighted by atomic mass is 16.5. The van der Waals surface area contributed by atoms with Crippen molar-refractivity contribution in [3.63, 3.8) is 0 Å². The van der Waals surface area contributed by atoms with E-state index in [0.29, 0.717) is 11.4 Å². The molecule has 0 fully saturated rings. The molecule has 1 rings (SSSR count). The molecule has 0 spiro atoms. The van der Waals surface area contributed by atoms with Crippen molar-refractivity contribution in [1.29, 1.82) is 0 Å². The van der Waals surface area contributed by atoms with E-state index in [0.717, 1.165) is 12.8 Å². The Balaban J connectivity index is 3.07. The first-order chi connectivity index (χ1) is 9.88. The van der Waals surface area contributed by atoms with Crippen molar-refractivity contribution in [3.8, 4) is 5.75 Å². The Labute approximate surface area is 125 Å². The molecule has 0 aromatic heterocycles. The molecular weight excluding hydrogens is 270 g/mol. The summed E-state index contributed by atoms with van der Waals surface area (Å²) >= 11 is 0. The number of carboxylic acids is 1. The van der Waals surface area contributed by atoms with Crippen LogP contribution in [0.5, 0.6) is 5.75 Å². The summed E-state index contributed by atoms with van der Waals surface area (Å²) in [5, 5.41) is 11.9. The van der Waals surface area contributed by atoms with E-state index in [4.69, 9.17) is 9.84 Å².